The van der Waals surface area contributed by atoms with Crippen LogP contribution in [-0.4, -0.2) is 54.0 Å². The standard InChI is InChI=1S/C27H30ClFN2O3/c1-19-16-31(24-10-12-25(13-11-24)34-15-14-32)26(20-2-6-22(28)7-3-20)17-30(19)18-27(33)21-4-8-23(29)9-5-21/h2-13,19,26-27,32-33H,14-18H2,1H3/t19-,26+,27?/m1/s1. The second kappa shape index (κ2) is 11.2. The lowest BCUT2D eigenvalue weighted by atomic mass is 9.97. The number of hydrogen-bond acceptors (Lipinski definition) is 5. The van der Waals surface area contributed by atoms with Crippen molar-refractivity contribution >= 4 is 17.3 Å². The Hall–Kier alpha value is -2.64. The van der Waals surface area contributed by atoms with Crippen LogP contribution in [0.2, 0.25) is 5.02 Å². The molecule has 0 amide bonds. The quantitative estimate of drug-likeness (QED) is 0.479. The van der Waals surface area contributed by atoms with Gasteiger partial charge in [0.1, 0.15) is 18.2 Å². The molecule has 0 saturated carbocycles. The van der Waals surface area contributed by atoms with E-state index in [1.807, 2.05) is 48.5 Å². The second-order valence-corrected chi connectivity index (χ2v) is 9.09. The van der Waals surface area contributed by atoms with Crippen LogP contribution in [0.25, 0.3) is 0 Å². The van der Waals surface area contributed by atoms with Crippen LogP contribution in [0.3, 0.4) is 0 Å². The predicted molar refractivity (Wildman–Crippen MR) is 133 cm³/mol. The maximum absolute atomic E-state index is 13.3. The van der Waals surface area contributed by atoms with Crippen LogP contribution >= 0.6 is 11.6 Å². The first-order chi connectivity index (χ1) is 16.4. The maximum Gasteiger partial charge on any atom is 0.123 e. The Kier molecular flexibility index (Phi) is 8.06. The number of aliphatic hydroxyl groups is 2. The Morgan fingerprint density at radius 1 is 1.00 bits per heavy atom. The lowest BCUT2D eigenvalue weighted by Gasteiger charge is -2.47. The van der Waals surface area contributed by atoms with Crippen molar-refractivity contribution in [2.24, 2.45) is 0 Å². The predicted octanol–water partition coefficient (Wildman–Crippen LogP) is 4.84. The summed E-state index contributed by atoms with van der Waals surface area (Å²) in [7, 11) is 0. The van der Waals surface area contributed by atoms with Crippen LogP contribution in [0.1, 0.15) is 30.2 Å². The highest BCUT2D eigenvalue weighted by atomic mass is 35.5. The molecule has 3 aromatic rings. The van der Waals surface area contributed by atoms with Gasteiger partial charge in [0.15, 0.2) is 0 Å². The van der Waals surface area contributed by atoms with Gasteiger partial charge in [-0.3, -0.25) is 4.90 Å². The molecule has 0 bridgehead atoms. The SMILES string of the molecule is C[C@@H]1CN(c2ccc(OCCO)cc2)[C@H](c2ccc(Cl)cc2)CN1CC(O)c1ccc(F)cc1. The van der Waals surface area contributed by atoms with Crippen LogP contribution in [0.5, 0.6) is 5.75 Å². The van der Waals surface area contributed by atoms with Crippen molar-refractivity contribution in [3.05, 3.63) is 94.8 Å². The summed E-state index contributed by atoms with van der Waals surface area (Å²) in [4.78, 5) is 4.65. The Morgan fingerprint density at radius 2 is 1.68 bits per heavy atom. The number of ether oxygens (including phenoxy) is 1. The fraction of sp³-hybridized carbons (Fsp3) is 0.333. The molecule has 3 atom stereocenters. The number of rotatable bonds is 8. The molecule has 1 fully saturated rings. The van der Waals surface area contributed by atoms with E-state index in [4.69, 9.17) is 21.4 Å². The molecule has 4 rings (SSSR count). The number of nitrogens with zero attached hydrogens (tertiary/aromatic N) is 2. The van der Waals surface area contributed by atoms with Crippen molar-refractivity contribution in [3.63, 3.8) is 0 Å². The zero-order valence-corrected chi connectivity index (χ0v) is 19.9. The van der Waals surface area contributed by atoms with E-state index in [2.05, 4.69) is 16.7 Å². The molecule has 34 heavy (non-hydrogen) atoms. The highest BCUT2D eigenvalue weighted by Crippen LogP contribution is 2.35. The smallest absolute Gasteiger partial charge is 0.123 e. The Labute approximate surface area is 205 Å². The lowest BCUT2D eigenvalue weighted by molar-refractivity contribution is 0.0740. The van der Waals surface area contributed by atoms with Gasteiger partial charge < -0.3 is 19.8 Å². The molecule has 180 valence electrons. The van der Waals surface area contributed by atoms with Crippen LogP contribution in [0.15, 0.2) is 72.8 Å². The molecule has 1 unspecified atom stereocenters. The average Bonchev–Trinajstić information content (AvgIpc) is 2.85. The summed E-state index contributed by atoms with van der Waals surface area (Å²) < 4.78 is 18.8. The number of aliphatic hydroxyl groups excluding tert-OH is 2. The van der Waals surface area contributed by atoms with Crippen LogP contribution in [-0.2, 0) is 0 Å². The molecular weight excluding hydrogens is 455 g/mol. The zero-order valence-electron chi connectivity index (χ0n) is 19.1. The summed E-state index contributed by atoms with van der Waals surface area (Å²) >= 11 is 6.15. The summed E-state index contributed by atoms with van der Waals surface area (Å²) in [6, 6.07) is 22.1. The fourth-order valence-electron chi connectivity index (χ4n) is 4.45. The minimum absolute atomic E-state index is 0.0242. The van der Waals surface area contributed by atoms with Crippen LogP contribution in [0, 0.1) is 5.82 Å². The van der Waals surface area contributed by atoms with Crippen molar-refractivity contribution in [1.82, 2.24) is 4.90 Å². The zero-order chi connectivity index (χ0) is 24.1. The Morgan fingerprint density at radius 3 is 2.32 bits per heavy atom. The molecule has 1 aliphatic rings. The van der Waals surface area contributed by atoms with Gasteiger partial charge in [0, 0.05) is 36.4 Å². The van der Waals surface area contributed by atoms with Crippen molar-refractivity contribution in [3.8, 4) is 5.75 Å². The van der Waals surface area contributed by atoms with Crippen molar-refractivity contribution in [2.45, 2.75) is 25.1 Å². The van der Waals surface area contributed by atoms with E-state index in [1.165, 1.54) is 12.1 Å². The molecule has 0 aromatic heterocycles. The summed E-state index contributed by atoms with van der Waals surface area (Å²) in [5.41, 5.74) is 2.91. The topological polar surface area (TPSA) is 56.2 Å². The highest BCUT2D eigenvalue weighted by Gasteiger charge is 2.33. The van der Waals surface area contributed by atoms with Gasteiger partial charge >= 0.3 is 0 Å². The largest absolute Gasteiger partial charge is 0.491 e. The second-order valence-electron chi connectivity index (χ2n) is 8.66. The summed E-state index contributed by atoms with van der Waals surface area (Å²) in [5.74, 6) is 0.406. The van der Waals surface area contributed by atoms with E-state index in [1.54, 1.807) is 12.1 Å². The number of hydrogen-bond donors (Lipinski definition) is 2. The average molecular weight is 485 g/mol. The normalized spacial score (nSPS) is 19.7. The summed E-state index contributed by atoms with van der Waals surface area (Å²) in [5, 5.41) is 20.5. The first-order valence-corrected chi connectivity index (χ1v) is 11.9. The minimum Gasteiger partial charge on any atom is -0.491 e. The molecule has 1 heterocycles. The van der Waals surface area contributed by atoms with E-state index in [0.717, 1.165) is 23.5 Å². The molecule has 2 N–H and O–H groups in total. The van der Waals surface area contributed by atoms with E-state index in [9.17, 15) is 9.50 Å². The fourth-order valence-corrected chi connectivity index (χ4v) is 4.57. The molecule has 1 saturated heterocycles. The van der Waals surface area contributed by atoms with Crippen LogP contribution in [0.4, 0.5) is 10.1 Å². The maximum atomic E-state index is 13.3. The number of halogens is 2. The third-order valence-corrected chi connectivity index (χ3v) is 6.57. The molecule has 3 aromatic carbocycles. The Balaban J connectivity index is 1.56. The number of anilines is 1. The van der Waals surface area contributed by atoms with Crippen LogP contribution < -0.4 is 9.64 Å². The van der Waals surface area contributed by atoms with Gasteiger partial charge in [-0.15, -0.1) is 0 Å². The molecule has 7 heteroatoms. The number of β-amino-alcohol motifs (C(OH)–C–C–N with tert-alkyl or cyclic N) is 1. The van der Waals surface area contributed by atoms with Crippen molar-refractivity contribution in [1.29, 1.82) is 0 Å². The van der Waals surface area contributed by atoms with Gasteiger partial charge in [-0.05, 0) is 66.6 Å². The van der Waals surface area contributed by atoms with Gasteiger partial charge in [0.25, 0.3) is 0 Å². The lowest BCUT2D eigenvalue weighted by Crippen LogP contribution is -2.54. The molecule has 0 spiro atoms. The molecule has 0 aliphatic carbocycles. The first kappa shape index (κ1) is 24.5. The van der Waals surface area contributed by atoms with Gasteiger partial charge in [-0.1, -0.05) is 35.9 Å². The first-order valence-electron chi connectivity index (χ1n) is 11.5. The highest BCUT2D eigenvalue weighted by molar-refractivity contribution is 6.30. The molecule has 1 aliphatic heterocycles. The van der Waals surface area contributed by atoms with E-state index in [-0.39, 0.29) is 31.1 Å². The summed E-state index contributed by atoms with van der Waals surface area (Å²) in [6.07, 6.45) is -0.705. The number of piperazine rings is 1. The molecule has 0 radical (unpaired) electrons. The molecular formula is C27H30ClFN2O3. The van der Waals surface area contributed by atoms with E-state index in [0.29, 0.717) is 23.7 Å². The summed E-state index contributed by atoms with van der Waals surface area (Å²) in [6.45, 7) is 4.33. The van der Waals surface area contributed by atoms with Gasteiger partial charge in [-0.25, -0.2) is 4.39 Å². The van der Waals surface area contributed by atoms with Gasteiger partial charge in [0.2, 0.25) is 0 Å². The van der Waals surface area contributed by atoms with E-state index >= 15 is 0 Å². The minimum atomic E-state index is -0.705. The monoisotopic (exact) mass is 484 g/mol. The number of benzene rings is 3. The van der Waals surface area contributed by atoms with Gasteiger partial charge in [0.05, 0.1) is 18.8 Å². The van der Waals surface area contributed by atoms with Crippen molar-refractivity contribution in [2.75, 3.05) is 37.7 Å². The third kappa shape index (κ3) is 5.88. The third-order valence-electron chi connectivity index (χ3n) is 6.31. The molecule has 5 nitrogen and oxygen atoms in total. The van der Waals surface area contributed by atoms with Gasteiger partial charge in [-0.2, -0.15) is 0 Å². The van der Waals surface area contributed by atoms with Crippen molar-refractivity contribution < 1.29 is 19.3 Å². The van der Waals surface area contributed by atoms with E-state index < -0.39 is 6.10 Å². The Bertz CT molecular complexity index is 1050.